The smallest absolute Gasteiger partial charge is 0.0454 e. The van der Waals surface area contributed by atoms with Gasteiger partial charge in [-0.15, -0.1) is 0 Å². The Morgan fingerprint density at radius 1 is 0.944 bits per heavy atom. The molecule has 0 saturated heterocycles. The van der Waals surface area contributed by atoms with Gasteiger partial charge in [0.1, 0.15) is 0 Å². The Balaban J connectivity index is 2.58. The Morgan fingerprint density at radius 2 is 1.69 bits per heavy atom. The molecule has 1 aromatic rings. The fraction of sp³-hybridized carbons (Fsp3) is 0.273. The molecule has 0 aromatic heterocycles. The normalized spacial score (nSPS) is 13.6. The number of allylic oxidation sites excluding steroid dienone is 12. The minimum absolute atomic E-state index is 0.229. The maximum absolute atomic E-state index is 4.38. The van der Waals surface area contributed by atoms with Crippen molar-refractivity contribution in [1.29, 1.82) is 0 Å². The van der Waals surface area contributed by atoms with Crippen molar-refractivity contribution < 1.29 is 0 Å². The molecule has 0 bridgehead atoms. The van der Waals surface area contributed by atoms with Crippen LogP contribution in [0, 0.1) is 0 Å². The molecular weight excluding hydrogens is 438 g/mol. The molecule has 1 aliphatic rings. The minimum atomic E-state index is 0.229. The van der Waals surface area contributed by atoms with Crippen LogP contribution < -0.4 is 15.1 Å². The van der Waals surface area contributed by atoms with Crippen LogP contribution in [-0.4, -0.2) is 18.6 Å². The Bertz CT molecular complexity index is 1090. The second-order valence-electron chi connectivity index (χ2n) is 9.39. The molecule has 1 aliphatic carbocycles. The van der Waals surface area contributed by atoms with Crippen LogP contribution in [0.5, 0.6) is 0 Å². The number of benzene rings is 1. The van der Waals surface area contributed by atoms with Crippen LogP contribution in [0.3, 0.4) is 0 Å². The monoisotopic (exact) mass is 481 g/mol. The molecule has 0 spiro atoms. The van der Waals surface area contributed by atoms with Crippen LogP contribution in [0.2, 0.25) is 0 Å². The number of anilines is 3. The molecule has 0 saturated carbocycles. The number of hydrogen-bond donors (Lipinski definition) is 1. The summed E-state index contributed by atoms with van der Waals surface area (Å²) < 4.78 is 0. The van der Waals surface area contributed by atoms with E-state index in [0.717, 1.165) is 41.4 Å². The molecule has 0 aliphatic heterocycles. The number of nitrogens with zero attached hydrogens (tertiary/aromatic N) is 2. The van der Waals surface area contributed by atoms with Crippen molar-refractivity contribution in [2.45, 2.75) is 53.1 Å². The van der Waals surface area contributed by atoms with Gasteiger partial charge in [0.05, 0.1) is 0 Å². The van der Waals surface area contributed by atoms with E-state index in [4.69, 9.17) is 0 Å². The van der Waals surface area contributed by atoms with E-state index in [0.29, 0.717) is 6.04 Å². The highest BCUT2D eigenvalue weighted by atomic mass is 15.2. The summed E-state index contributed by atoms with van der Waals surface area (Å²) in [5, 5.41) is 3.47. The summed E-state index contributed by atoms with van der Waals surface area (Å²) in [6.45, 7) is 24.0. The highest BCUT2D eigenvalue weighted by molar-refractivity contribution is 5.73. The van der Waals surface area contributed by atoms with Crippen molar-refractivity contribution in [3.05, 3.63) is 128 Å². The topological polar surface area (TPSA) is 18.5 Å². The van der Waals surface area contributed by atoms with Crippen LogP contribution in [0.4, 0.5) is 17.1 Å². The Labute approximate surface area is 219 Å². The Morgan fingerprint density at radius 3 is 2.36 bits per heavy atom. The van der Waals surface area contributed by atoms with E-state index in [1.165, 1.54) is 5.57 Å². The molecule has 36 heavy (non-hydrogen) atoms. The molecule has 1 N–H and O–H groups in total. The predicted molar refractivity (Wildman–Crippen MR) is 163 cm³/mol. The molecule has 2 rings (SSSR count). The second-order valence-corrected chi connectivity index (χ2v) is 9.39. The average Bonchev–Trinajstić information content (AvgIpc) is 3.09. The first-order valence-corrected chi connectivity index (χ1v) is 12.7. The highest BCUT2D eigenvalue weighted by Crippen LogP contribution is 2.33. The third-order valence-electron chi connectivity index (χ3n) is 5.74. The largest absolute Gasteiger partial charge is 0.365 e. The summed E-state index contributed by atoms with van der Waals surface area (Å²) in [6, 6.07) is 7.19. The van der Waals surface area contributed by atoms with Gasteiger partial charge in [-0.05, 0) is 77.0 Å². The standard InChI is InChI=1S/C33H43N3/c1-9-11-15-19-29(8)36(27(5)6)33-23-31(34-28(7)18-12-10-2)22-32(24-33)35(26(3)4)25-30-20-16-13-14-17-21-30/h9-20,22-24,26-27,34H,2,7-8,21,25H2,1,3-6H3/b11-9-,18-12-,19-15-. The van der Waals surface area contributed by atoms with Crippen LogP contribution in [0.15, 0.2) is 128 Å². The maximum atomic E-state index is 4.38. The van der Waals surface area contributed by atoms with Crippen LogP contribution in [-0.2, 0) is 0 Å². The Kier molecular flexibility index (Phi) is 11.6. The predicted octanol–water partition coefficient (Wildman–Crippen LogP) is 8.87. The SMILES string of the molecule is C=C/C=C\C(=C)Nc1cc(N(CC2=CC=CC=CC2)C(C)C)cc(N(C(=C)/C=C\C=C/C)C(C)C)c1. The van der Waals surface area contributed by atoms with Crippen molar-refractivity contribution in [2.75, 3.05) is 21.7 Å². The third-order valence-corrected chi connectivity index (χ3v) is 5.74. The van der Waals surface area contributed by atoms with E-state index in [1.54, 1.807) is 6.08 Å². The van der Waals surface area contributed by atoms with E-state index in [-0.39, 0.29) is 6.04 Å². The lowest BCUT2D eigenvalue weighted by atomic mass is 10.1. The van der Waals surface area contributed by atoms with Crippen LogP contribution in [0.1, 0.15) is 41.0 Å². The lowest BCUT2D eigenvalue weighted by Crippen LogP contribution is -2.33. The summed E-state index contributed by atoms with van der Waals surface area (Å²) in [6.07, 6.45) is 25.4. The fourth-order valence-corrected chi connectivity index (χ4v) is 4.07. The molecule has 0 radical (unpaired) electrons. The third kappa shape index (κ3) is 8.81. The molecule has 0 unspecified atom stereocenters. The van der Waals surface area contributed by atoms with Crippen LogP contribution >= 0.6 is 0 Å². The molecule has 0 heterocycles. The molecule has 190 valence electrons. The zero-order chi connectivity index (χ0) is 26.5. The van der Waals surface area contributed by atoms with Gasteiger partial charge in [-0.1, -0.05) is 80.5 Å². The molecule has 0 atom stereocenters. The number of rotatable bonds is 13. The van der Waals surface area contributed by atoms with E-state index in [9.17, 15) is 0 Å². The van der Waals surface area contributed by atoms with Crippen molar-refractivity contribution >= 4 is 17.1 Å². The summed E-state index contributed by atoms with van der Waals surface area (Å²) in [5.41, 5.74) is 6.34. The van der Waals surface area contributed by atoms with Gasteiger partial charge in [0.15, 0.2) is 0 Å². The summed E-state index contributed by atoms with van der Waals surface area (Å²) in [4.78, 5) is 4.72. The number of nitrogens with one attached hydrogen (secondary N) is 1. The quantitative estimate of drug-likeness (QED) is 0.284. The molecule has 3 nitrogen and oxygen atoms in total. The van der Waals surface area contributed by atoms with Gasteiger partial charge < -0.3 is 15.1 Å². The van der Waals surface area contributed by atoms with E-state index >= 15 is 0 Å². The van der Waals surface area contributed by atoms with E-state index in [2.05, 4.69) is 117 Å². The van der Waals surface area contributed by atoms with Crippen molar-refractivity contribution in [2.24, 2.45) is 0 Å². The first-order chi connectivity index (χ1) is 17.3. The average molecular weight is 482 g/mol. The summed E-state index contributed by atoms with van der Waals surface area (Å²) in [7, 11) is 0. The van der Waals surface area contributed by atoms with Crippen molar-refractivity contribution in [1.82, 2.24) is 0 Å². The molecule has 3 heteroatoms. The number of hydrogen-bond acceptors (Lipinski definition) is 3. The molecule has 0 fully saturated rings. The minimum Gasteiger partial charge on any atom is -0.365 e. The van der Waals surface area contributed by atoms with Gasteiger partial charge >= 0.3 is 0 Å². The summed E-state index contributed by atoms with van der Waals surface area (Å²) in [5.74, 6) is 0. The first kappa shape index (κ1) is 28.5. The van der Waals surface area contributed by atoms with Gasteiger partial charge in [-0.25, -0.2) is 0 Å². The lowest BCUT2D eigenvalue weighted by Gasteiger charge is -2.34. The molecule has 0 amide bonds. The van der Waals surface area contributed by atoms with Gasteiger partial charge in [-0.3, -0.25) is 0 Å². The second kappa shape index (κ2) is 14.6. The van der Waals surface area contributed by atoms with Crippen LogP contribution in [0.25, 0.3) is 0 Å². The zero-order valence-corrected chi connectivity index (χ0v) is 22.7. The molecular formula is C33H43N3. The highest BCUT2D eigenvalue weighted by Gasteiger charge is 2.19. The molecule has 1 aromatic carbocycles. The summed E-state index contributed by atoms with van der Waals surface area (Å²) >= 11 is 0. The fourth-order valence-electron chi connectivity index (χ4n) is 4.07. The van der Waals surface area contributed by atoms with Gasteiger partial charge in [0.2, 0.25) is 0 Å². The van der Waals surface area contributed by atoms with Crippen molar-refractivity contribution in [3.63, 3.8) is 0 Å². The van der Waals surface area contributed by atoms with Crippen molar-refractivity contribution in [3.8, 4) is 0 Å². The zero-order valence-electron chi connectivity index (χ0n) is 22.7. The van der Waals surface area contributed by atoms with E-state index < -0.39 is 0 Å². The lowest BCUT2D eigenvalue weighted by molar-refractivity contribution is 0.706. The van der Waals surface area contributed by atoms with E-state index in [1.807, 2.05) is 37.3 Å². The van der Waals surface area contributed by atoms with Gasteiger partial charge in [0, 0.05) is 47.1 Å². The van der Waals surface area contributed by atoms with Gasteiger partial charge in [-0.2, -0.15) is 0 Å². The maximum Gasteiger partial charge on any atom is 0.0454 e. The first-order valence-electron chi connectivity index (χ1n) is 12.7. The Hall–Kier alpha value is -3.72. The van der Waals surface area contributed by atoms with Gasteiger partial charge in [0.25, 0.3) is 0 Å².